The molecule has 0 spiro atoms. The SMILES string of the molecule is COc1ccccc1CCNc1cccc(F)c1N. The fourth-order valence-corrected chi connectivity index (χ4v) is 1.93. The predicted octanol–water partition coefficient (Wildman–Crippen LogP) is 3.07. The molecule has 2 aromatic rings. The summed E-state index contributed by atoms with van der Waals surface area (Å²) < 4.78 is 18.5. The topological polar surface area (TPSA) is 47.3 Å². The van der Waals surface area contributed by atoms with Crippen LogP contribution in [0.25, 0.3) is 0 Å². The number of anilines is 2. The van der Waals surface area contributed by atoms with Crippen molar-refractivity contribution < 1.29 is 9.13 Å². The fourth-order valence-electron chi connectivity index (χ4n) is 1.93. The average molecular weight is 260 g/mol. The molecule has 3 N–H and O–H groups in total. The molecular weight excluding hydrogens is 243 g/mol. The maximum atomic E-state index is 13.3. The summed E-state index contributed by atoms with van der Waals surface area (Å²) in [5.74, 6) is 0.457. The van der Waals surface area contributed by atoms with Crippen molar-refractivity contribution in [3.8, 4) is 5.75 Å². The van der Waals surface area contributed by atoms with Gasteiger partial charge in [-0.15, -0.1) is 0 Å². The summed E-state index contributed by atoms with van der Waals surface area (Å²) in [5, 5.41) is 3.13. The zero-order chi connectivity index (χ0) is 13.7. The van der Waals surface area contributed by atoms with Gasteiger partial charge in [0.2, 0.25) is 0 Å². The zero-order valence-electron chi connectivity index (χ0n) is 10.8. The monoisotopic (exact) mass is 260 g/mol. The number of ether oxygens (including phenoxy) is 1. The molecule has 0 fully saturated rings. The minimum absolute atomic E-state index is 0.155. The largest absolute Gasteiger partial charge is 0.496 e. The molecule has 0 amide bonds. The lowest BCUT2D eigenvalue weighted by atomic mass is 10.1. The Morgan fingerprint density at radius 3 is 2.74 bits per heavy atom. The molecule has 0 unspecified atom stereocenters. The number of hydrogen-bond donors (Lipinski definition) is 2. The molecule has 0 heterocycles. The van der Waals surface area contributed by atoms with Crippen molar-refractivity contribution in [3.63, 3.8) is 0 Å². The van der Waals surface area contributed by atoms with Crippen LogP contribution in [0.5, 0.6) is 5.75 Å². The third-order valence-electron chi connectivity index (χ3n) is 2.96. The summed E-state index contributed by atoms with van der Waals surface area (Å²) >= 11 is 0. The second kappa shape index (κ2) is 6.09. The maximum absolute atomic E-state index is 13.3. The van der Waals surface area contributed by atoms with E-state index in [1.54, 1.807) is 19.2 Å². The van der Waals surface area contributed by atoms with E-state index < -0.39 is 5.82 Å². The Balaban J connectivity index is 1.98. The quantitative estimate of drug-likeness (QED) is 0.812. The molecule has 3 nitrogen and oxygen atoms in total. The van der Waals surface area contributed by atoms with Crippen molar-refractivity contribution >= 4 is 11.4 Å². The first-order valence-corrected chi connectivity index (χ1v) is 6.12. The van der Waals surface area contributed by atoms with E-state index in [4.69, 9.17) is 10.5 Å². The first kappa shape index (κ1) is 13.2. The van der Waals surface area contributed by atoms with E-state index in [0.29, 0.717) is 12.2 Å². The third kappa shape index (κ3) is 3.16. The van der Waals surface area contributed by atoms with Crippen LogP contribution in [-0.4, -0.2) is 13.7 Å². The Morgan fingerprint density at radius 2 is 1.95 bits per heavy atom. The molecule has 0 saturated heterocycles. The highest BCUT2D eigenvalue weighted by Gasteiger charge is 2.05. The van der Waals surface area contributed by atoms with Gasteiger partial charge in [-0.1, -0.05) is 24.3 Å². The van der Waals surface area contributed by atoms with Crippen LogP contribution >= 0.6 is 0 Å². The molecule has 0 saturated carbocycles. The lowest BCUT2D eigenvalue weighted by molar-refractivity contribution is 0.410. The molecule has 0 aliphatic heterocycles. The molecule has 0 aliphatic rings. The summed E-state index contributed by atoms with van der Waals surface area (Å²) in [6.45, 7) is 0.661. The van der Waals surface area contributed by atoms with E-state index in [-0.39, 0.29) is 5.69 Å². The minimum Gasteiger partial charge on any atom is -0.496 e. The van der Waals surface area contributed by atoms with Gasteiger partial charge < -0.3 is 15.8 Å². The third-order valence-corrected chi connectivity index (χ3v) is 2.96. The number of methoxy groups -OCH3 is 1. The molecule has 100 valence electrons. The van der Waals surface area contributed by atoms with E-state index in [1.807, 2.05) is 24.3 Å². The van der Waals surface area contributed by atoms with E-state index >= 15 is 0 Å². The molecule has 19 heavy (non-hydrogen) atoms. The zero-order valence-corrected chi connectivity index (χ0v) is 10.8. The second-order valence-corrected chi connectivity index (χ2v) is 4.19. The van der Waals surface area contributed by atoms with Crippen molar-refractivity contribution in [3.05, 3.63) is 53.8 Å². The van der Waals surface area contributed by atoms with E-state index in [1.165, 1.54) is 6.07 Å². The number of nitrogen functional groups attached to an aromatic ring is 1. The summed E-state index contributed by atoms with van der Waals surface area (Å²) in [5.41, 5.74) is 7.54. The molecule has 0 aliphatic carbocycles. The molecule has 2 aromatic carbocycles. The lowest BCUT2D eigenvalue weighted by Gasteiger charge is -2.11. The lowest BCUT2D eigenvalue weighted by Crippen LogP contribution is -2.08. The fraction of sp³-hybridized carbons (Fsp3) is 0.200. The van der Waals surface area contributed by atoms with Gasteiger partial charge in [-0.2, -0.15) is 0 Å². The summed E-state index contributed by atoms with van der Waals surface area (Å²) in [6, 6.07) is 12.6. The van der Waals surface area contributed by atoms with Crippen LogP contribution < -0.4 is 15.8 Å². The second-order valence-electron chi connectivity index (χ2n) is 4.19. The van der Waals surface area contributed by atoms with E-state index in [9.17, 15) is 4.39 Å². The highest BCUT2D eigenvalue weighted by atomic mass is 19.1. The molecule has 0 atom stereocenters. The number of nitrogens with two attached hydrogens (primary N) is 1. The first-order chi connectivity index (χ1) is 9.22. The van der Waals surface area contributed by atoms with E-state index in [2.05, 4.69) is 5.32 Å². The minimum atomic E-state index is -0.401. The van der Waals surface area contributed by atoms with Gasteiger partial charge in [-0.3, -0.25) is 0 Å². The molecule has 0 radical (unpaired) electrons. The number of hydrogen-bond acceptors (Lipinski definition) is 3. The summed E-state index contributed by atoms with van der Waals surface area (Å²) in [4.78, 5) is 0. The van der Waals surface area contributed by atoms with Gasteiger partial charge in [0.15, 0.2) is 0 Å². The predicted molar refractivity (Wildman–Crippen MR) is 76.0 cm³/mol. The maximum Gasteiger partial charge on any atom is 0.148 e. The van der Waals surface area contributed by atoms with Crippen LogP contribution in [0, 0.1) is 5.82 Å². The molecule has 2 rings (SSSR count). The standard InChI is InChI=1S/C15H17FN2O/c1-19-14-8-3-2-5-11(14)9-10-18-13-7-4-6-12(16)15(13)17/h2-8,18H,9-10,17H2,1H3. The Morgan fingerprint density at radius 1 is 1.16 bits per heavy atom. The van der Waals surface area contributed by atoms with Gasteiger partial charge in [-0.25, -0.2) is 4.39 Å². The smallest absolute Gasteiger partial charge is 0.148 e. The highest BCUT2D eigenvalue weighted by molar-refractivity contribution is 5.66. The summed E-state index contributed by atoms with van der Waals surface area (Å²) in [6.07, 6.45) is 0.778. The molecule has 0 bridgehead atoms. The van der Waals surface area contributed by atoms with Crippen LogP contribution in [0.15, 0.2) is 42.5 Å². The van der Waals surface area contributed by atoms with Crippen LogP contribution in [0.4, 0.5) is 15.8 Å². The Kier molecular flexibility index (Phi) is 4.23. The van der Waals surface area contributed by atoms with Crippen molar-refractivity contribution in [2.75, 3.05) is 24.7 Å². The number of halogens is 1. The summed E-state index contributed by atoms with van der Waals surface area (Å²) in [7, 11) is 1.65. The van der Waals surface area contributed by atoms with Gasteiger partial charge in [-0.05, 0) is 30.2 Å². The van der Waals surface area contributed by atoms with Gasteiger partial charge in [0.1, 0.15) is 11.6 Å². The Labute approximate surface area is 112 Å². The van der Waals surface area contributed by atoms with Gasteiger partial charge in [0.25, 0.3) is 0 Å². The molecule has 4 heteroatoms. The highest BCUT2D eigenvalue weighted by Crippen LogP contribution is 2.22. The first-order valence-electron chi connectivity index (χ1n) is 6.12. The van der Waals surface area contributed by atoms with Gasteiger partial charge in [0.05, 0.1) is 18.5 Å². The molecule has 0 aromatic heterocycles. The van der Waals surface area contributed by atoms with Crippen molar-refractivity contribution in [2.24, 2.45) is 0 Å². The van der Waals surface area contributed by atoms with Crippen LogP contribution in [0.2, 0.25) is 0 Å². The number of para-hydroxylation sites is 2. The van der Waals surface area contributed by atoms with Crippen LogP contribution in [-0.2, 0) is 6.42 Å². The van der Waals surface area contributed by atoms with Gasteiger partial charge in [0, 0.05) is 6.54 Å². The van der Waals surface area contributed by atoms with Crippen molar-refractivity contribution in [1.29, 1.82) is 0 Å². The van der Waals surface area contributed by atoms with Gasteiger partial charge >= 0.3 is 0 Å². The van der Waals surface area contributed by atoms with E-state index in [0.717, 1.165) is 17.7 Å². The average Bonchev–Trinajstić information content (AvgIpc) is 2.44. The van der Waals surface area contributed by atoms with Crippen molar-refractivity contribution in [2.45, 2.75) is 6.42 Å². The van der Waals surface area contributed by atoms with Crippen LogP contribution in [0.3, 0.4) is 0 Å². The normalized spacial score (nSPS) is 10.2. The Hall–Kier alpha value is -2.23. The number of rotatable bonds is 5. The number of benzene rings is 2. The van der Waals surface area contributed by atoms with Crippen LogP contribution in [0.1, 0.15) is 5.56 Å². The van der Waals surface area contributed by atoms with Crippen molar-refractivity contribution in [1.82, 2.24) is 0 Å². The molecular formula is C15H17FN2O. The Bertz CT molecular complexity index is 558. The number of nitrogens with one attached hydrogen (secondary N) is 1.